The van der Waals surface area contributed by atoms with Crippen LogP contribution >= 0.6 is 0 Å². The molecule has 1 unspecified atom stereocenters. The lowest BCUT2D eigenvalue weighted by atomic mass is 9.64. The van der Waals surface area contributed by atoms with Crippen molar-refractivity contribution in [3.63, 3.8) is 0 Å². The number of methoxy groups -OCH3 is 1. The van der Waals surface area contributed by atoms with E-state index in [4.69, 9.17) is 4.74 Å². The van der Waals surface area contributed by atoms with Crippen LogP contribution < -0.4 is 0 Å². The van der Waals surface area contributed by atoms with E-state index in [1.165, 1.54) is 32.8 Å². The summed E-state index contributed by atoms with van der Waals surface area (Å²) in [5, 5.41) is 0. The summed E-state index contributed by atoms with van der Waals surface area (Å²) in [4.78, 5) is 25.4. The van der Waals surface area contributed by atoms with Gasteiger partial charge in [0.2, 0.25) is 5.91 Å². The number of ether oxygens (including phenoxy) is 1. The zero-order valence-electron chi connectivity index (χ0n) is 12.3. The smallest absolute Gasteiger partial charge is 0.310 e. The van der Waals surface area contributed by atoms with E-state index in [1.807, 2.05) is 4.90 Å². The highest BCUT2D eigenvalue weighted by molar-refractivity contribution is 5.86. The molecule has 4 heteroatoms. The molecular formula is C15H25NO3. The van der Waals surface area contributed by atoms with E-state index < -0.39 is 0 Å². The number of rotatable bonds is 5. The molecule has 0 aromatic carbocycles. The van der Waals surface area contributed by atoms with Gasteiger partial charge in [-0.1, -0.05) is 20.3 Å². The second kappa shape index (κ2) is 5.51. The molecule has 4 nitrogen and oxygen atoms in total. The molecule has 1 atom stereocenters. The molecule has 1 aliphatic carbocycles. The molecule has 1 saturated heterocycles. The molecule has 2 fully saturated rings. The minimum absolute atomic E-state index is 0.116. The number of esters is 1. The second-order valence-electron chi connectivity index (χ2n) is 6.65. The summed E-state index contributed by atoms with van der Waals surface area (Å²) in [6, 6.07) is 0. The number of carbonyl (C=O) groups is 2. The monoisotopic (exact) mass is 267 g/mol. The maximum Gasteiger partial charge on any atom is 0.310 e. The number of nitrogens with zero attached hydrogens (tertiary/aromatic N) is 1. The molecule has 1 saturated carbocycles. The average molecular weight is 267 g/mol. The van der Waals surface area contributed by atoms with E-state index in [1.54, 1.807) is 0 Å². The molecule has 0 aromatic heterocycles. The Hall–Kier alpha value is -1.06. The van der Waals surface area contributed by atoms with Crippen LogP contribution in [0.3, 0.4) is 0 Å². The van der Waals surface area contributed by atoms with Crippen LogP contribution in [0.15, 0.2) is 0 Å². The van der Waals surface area contributed by atoms with Crippen molar-refractivity contribution in [2.45, 2.75) is 46.0 Å². The first kappa shape index (κ1) is 14.4. The quantitative estimate of drug-likeness (QED) is 0.718. The average Bonchev–Trinajstić information content (AvgIpc) is 2.66. The Morgan fingerprint density at radius 3 is 2.63 bits per heavy atom. The van der Waals surface area contributed by atoms with E-state index in [2.05, 4.69) is 13.8 Å². The third-order valence-corrected chi connectivity index (χ3v) is 4.53. The largest absolute Gasteiger partial charge is 0.469 e. The molecule has 0 bridgehead atoms. The molecule has 0 spiro atoms. The van der Waals surface area contributed by atoms with Gasteiger partial charge in [-0.3, -0.25) is 9.59 Å². The van der Waals surface area contributed by atoms with Gasteiger partial charge < -0.3 is 9.64 Å². The fraction of sp³-hybridized carbons (Fsp3) is 0.867. The van der Waals surface area contributed by atoms with Crippen LogP contribution in [0.25, 0.3) is 0 Å². The highest BCUT2D eigenvalue weighted by Gasteiger charge is 2.43. The Morgan fingerprint density at radius 1 is 1.47 bits per heavy atom. The van der Waals surface area contributed by atoms with Gasteiger partial charge in [0.25, 0.3) is 0 Å². The molecule has 1 amide bonds. The van der Waals surface area contributed by atoms with Gasteiger partial charge in [-0.2, -0.15) is 0 Å². The first-order valence-electron chi connectivity index (χ1n) is 7.31. The summed E-state index contributed by atoms with van der Waals surface area (Å²) in [6.07, 6.45) is 5.22. The minimum Gasteiger partial charge on any atom is -0.469 e. The molecule has 1 heterocycles. The molecule has 2 aliphatic rings. The fourth-order valence-corrected chi connectivity index (χ4v) is 3.62. The Morgan fingerprint density at radius 2 is 2.16 bits per heavy atom. The van der Waals surface area contributed by atoms with Crippen molar-refractivity contribution in [2.24, 2.45) is 17.3 Å². The third-order valence-electron chi connectivity index (χ3n) is 4.53. The van der Waals surface area contributed by atoms with Gasteiger partial charge in [-0.05, 0) is 30.6 Å². The SMILES string of the molecule is COC(=O)C1CC(=O)N(CC2(CC(C)C)CCC2)C1. The van der Waals surface area contributed by atoms with E-state index in [0.717, 1.165) is 6.54 Å². The van der Waals surface area contributed by atoms with E-state index in [0.29, 0.717) is 24.3 Å². The van der Waals surface area contributed by atoms with E-state index in [-0.39, 0.29) is 17.8 Å². The van der Waals surface area contributed by atoms with Crippen molar-refractivity contribution in [3.05, 3.63) is 0 Å². The summed E-state index contributed by atoms with van der Waals surface area (Å²) < 4.78 is 4.75. The summed E-state index contributed by atoms with van der Waals surface area (Å²) in [5.74, 6) is 0.274. The first-order valence-corrected chi connectivity index (χ1v) is 7.31. The number of carbonyl (C=O) groups excluding carboxylic acids is 2. The number of hydrogen-bond donors (Lipinski definition) is 0. The number of likely N-dealkylation sites (tertiary alicyclic amines) is 1. The van der Waals surface area contributed by atoms with Crippen LogP contribution in [0.1, 0.15) is 46.0 Å². The summed E-state index contributed by atoms with van der Waals surface area (Å²) in [5.41, 5.74) is 0.314. The zero-order valence-corrected chi connectivity index (χ0v) is 12.3. The Kier molecular flexibility index (Phi) is 4.16. The maximum absolute atomic E-state index is 12.0. The van der Waals surface area contributed by atoms with Gasteiger partial charge >= 0.3 is 5.97 Å². The van der Waals surface area contributed by atoms with Gasteiger partial charge in [0.1, 0.15) is 0 Å². The normalized spacial score (nSPS) is 25.6. The summed E-state index contributed by atoms with van der Waals surface area (Å²) in [7, 11) is 1.39. The molecule has 19 heavy (non-hydrogen) atoms. The Labute approximate surface area is 115 Å². The molecule has 0 N–H and O–H groups in total. The minimum atomic E-state index is -0.256. The summed E-state index contributed by atoms with van der Waals surface area (Å²) >= 11 is 0. The lowest BCUT2D eigenvalue weighted by Crippen LogP contribution is -2.44. The van der Waals surface area contributed by atoms with Crippen molar-refractivity contribution >= 4 is 11.9 Å². The molecular weight excluding hydrogens is 242 g/mol. The van der Waals surface area contributed by atoms with Crippen molar-refractivity contribution < 1.29 is 14.3 Å². The van der Waals surface area contributed by atoms with Crippen molar-refractivity contribution in [3.8, 4) is 0 Å². The Balaban J connectivity index is 1.95. The molecule has 108 valence electrons. The third kappa shape index (κ3) is 3.10. The predicted octanol–water partition coefficient (Wildman–Crippen LogP) is 2.22. The molecule has 0 aromatic rings. The predicted molar refractivity (Wildman–Crippen MR) is 72.4 cm³/mol. The standard InChI is InChI=1S/C15H25NO3/c1-11(2)8-15(5-4-6-15)10-16-9-12(7-13(16)17)14(18)19-3/h11-12H,4-10H2,1-3H3. The summed E-state index contributed by atoms with van der Waals surface area (Å²) in [6.45, 7) is 5.86. The maximum atomic E-state index is 12.0. The van der Waals surface area contributed by atoms with Crippen LogP contribution in [0.5, 0.6) is 0 Å². The van der Waals surface area contributed by atoms with Gasteiger partial charge in [0.15, 0.2) is 0 Å². The highest BCUT2D eigenvalue weighted by Crippen LogP contribution is 2.47. The van der Waals surface area contributed by atoms with Gasteiger partial charge in [-0.15, -0.1) is 0 Å². The van der Waals surface area contributed by atoms with Crippen LogP contribution in [0, 0.1) is 17.3 Å². The molecule has 1 aliphatic heterocycles. The molecule has 2 rings (SSSR count). The number of hydrogen-bond acceptors (Lipinski definition) is 3. The lowest BCUT2D eigenvalue weighted by Gasteiger charge is -2.45. The van der Waals surface area contributed by atoms with Crippen molar-refractivity contribution in [1.82, 2.24) is 4.90 Å². The van der Waals surface area contributed by atoms with Gasteiger partial charge in [0.05, 0.1) is 13.0 Å². The molecule has 0 radical (unpaired) electrons. The number of amides is 1. The first-order chi connectivity index (χ1) is 8.96. The Bertz CT molecular complexity index is 360. The zero-order chi connectivity index (χ0) is 14.0. The second-order valence-corrected chi connectivity index (χ2v) is 6.65. The van der Waals surface area contributed by atoms with Crippen LogP contribution in [-0.4, -0.2) is 37.0 Å². The van der Waals surface area contributed by atoms with Crippen molar-refractivity contribution in [1.29, 1.82) is 0 Å². The van der Waals surface area contributed by atoms with Gasteiger partial charge in [0, 0.05) is 19.5 Å². The lowest BCUT2D eigenvalue weighted by molar-refractivity contribution is -0.145. The van der Waals surface area contributed by atoms with E-state index in [9.17, 15) is 9.59 Å². The van der Waals surface area contributed by atoms with Crippen LogP contribution in [-0.2, 0) is 14.3 Å². The van der Waals surface area contributed by atoms with Gasteiger partial charge in [-0.25, -0.2) is 0 Å². The van der Waals surface area contributed by atoms with E-state index >= 15 is 0 Å². The highest BCUT2D eigenvalue weighted by atomic mass is 16.5. The van der Waals surface area contributed by atoms with Crippen LogP contribution in [0.2, 0.25) is 0 Å². The van der Waals surface area contributed by atoms with Crippen LogP contribution in [0.4, 0.5) is 0 Å². The topological polar surface area (TPSA) is 46.6 Å². The van der Waals surface area contributed by atoms with Crippen molar-refractivity contribution in [2.75, 3.05) is 20.2 Å². The fourth-order valence-electron chi connectivity index (χ4n) is 3.62.